The third-order valence-electron chi connectivity index (χ3n) is 2.09. The molecular weight excluding hydrogens is 257 g/mol. The van der Waals surface area contributed by atoms with Gasteiger partial charge in [0.2, 0.25) is 0 Å². The Morgan fingerprint density at radius 2 is 1.94 bits per heavy atom. The number of nitrogens with zero attached hydrogens (tertiary/aromatic N) is 1. The Kier molecular flexibility index (Phi) is 6.45. The van der Waals surface area contributed by atoms with Crippen molar-refractivity contribution in [1.29, 1.82) is 0 Å². The van der Waals surface area contributed by atoms with Crippen molar-refractivity contribution in [2.45, 2.75) is 25.1 Å². The Balaban J connectivity index is 4.24. The van der Waals surface area contributed by atoms with Gasteiger partial charge in [-0.05, 0) is 0 Å². The highest BCUT2D eigenvalue weighted by atomic mass is 19.4. The molecule has 0 saturated heterocycles. The zero-order chi connectivity index (χ0) is 14.3. The van der Waals surface area contributed by atoms with Crippen LogP contribution >= 0.6 is 0 Å². The van der Waals surface area contributed by atoms with E-state index in [0.29, 0.717) is 0 Å². The second-order valence-electron chi connectivity index (χ2n) is 3.64. The molecule has 0 aliphatic carbocycles. The number of hydrogen-bond acceptors (Lipinski definition) is 3. The molecule has 0 saturated carbocycles. The summed E-state index contributed by atoms with van der Waals surface area (Å²) in [6.45, 7) is -1.02. The zero-order valence-corrected chi connectivity index (χ0v) is 9.70. The average molecular weight is 272 g/mol. The van der Waals surface area contributed by atoms with Crippen LogP contribution in [0.4, 0.5) is 18.0 Å². The fraction of sp³-hybridized carbons (Fsp3) is 0.778. The predicted molar refractivity (Wildman–Crippen MR) is 55.0 cm³/mol. The maximum Gasteiger partial charge on any atom is 0.390 e. The molecule has 1 atom stereocenters. The van der Waals surface area contributed by atoms with Gasteiger partial charge in [0.05, 0.1) is 6.42 Å². The first-order valence-electron chi connectivity index (χ1n) is 5.09. The Labute approximate surface area is 101 Å². The molecule has 0 aromatic carbocycles. The van der Waals surface area contributed by atoms with Gasteiger partial charge < -0.3 is 20.4 Å². The molecule has 9 heteroatoms. The van der Waals surface area contributed by atoms with E-state index in [4.69, 9.17) is 10.2 Å². The van der Waals surface area contributed by atoms with E-state index in [1.165, 1.54) is 0 Å². The molecular formula is C9H15F3N2O4. The number of halogens is 3. The molecule has 2 amide bonds. The van der Waals surface area contributed by atoms with E-state index in [-0.39, 0.29) is 6.42 Å². The lowest BCUT2D eigenvalue weighted by Crippen LogP contribution is -2.47. The molecule has 0 aliphatic rings. The third-order valence-corrected chi connectivity index (χ3v) is 2.09. The average Bonchev–Trinajstić information content (AvgIpc) is 2.23. The number of carbonyl (C=O) groups is 2. The number of aliphatic carboxylic acids is 1. The molecule has 0 aromatic heterocycles. The topological polar surface area (TPSA) is 89.9 Å². The van der Waals surface area contributed by atoms with Gasteiger partial charge in [-0.2, -0.15) is 13.2 Å². The summed E-state index contributed by atoms with van der Waals surface area (Å²) in [6.07, 6.45) is -5.77. The lowest BCUT2D eigenvalue weighted by atomic mass is 10.2. The van der Waals surface area contributed by atoms with Crippen LogP contribution in [0.3, 0.4) is 0 Å². The maximum atomic E-state index is 11.9. The van der Waals surface area contributed by atoms with Crippen LogP contribution < -0.4 is 5.32 Å². The van der Waals surface area contributed by atoms with Gasteiger partial charge in [0.15, 0.2) is 0 Å². The number of urea groups is 1. The van der Waals surface area contributed by atoms with Crippen molar-refractivity contribution >= 4 is 12.0 Å². The fourth-order valence-electron chi connectivity index (χ4n) is 1.04. The Morgan fingerprint density at radius 3 is 2.33 bits per heavy atom. The van der Waals surface area contributed by atoms with Crippen LogP contribution in [0.1, 0.15) is 12.8 Å². The summed E-state index contributed by atoms with van der Waals surface area (Å²) in [6, 6.07) is -2.25. The van der Waals surface area contributed by atoms with Crippen LogP contribution in [0.2, 0.25) is 0 Å². The molecule has 0 spiro atoms. The van der Waals surface area contributed by atoms with E-state index in [0.717, 1.165) is 11.9 Å². The van der Waals surface area contributed by atoms with Crippen LogP contribution in [-0.4, -0.2) is 59.5 Å². The molecule has 18 heavy (non-hydrogen) atoms. The van der Waals surface area contributed by atoms with E-state index in [1.54, 1.807) is 0 Å². The van der Waals surface area contributed by atoms with Crippen LogP contribution in [-0.2, 0) is 4.79 Å². The van der Waals surface area contributed by atoms with Crippen LogP contribution in [0.5, 0.6) is 0 Å². The molecule has 106 valence electrons. The zero-order valence-electron chi connectivity index (χ0n) is 9.70. The highest BCUT2D eigenvalue weighted by Crippen LogP contribution is 2.19. The van der Waals surface area contributed by atoms with Gasteiger partial charge >= 0.3 is 18.2 Å². The largest absolute Gasteiger partial charge is 0.480 e. The van der Waals surface area contributed by atoms with Crippen molar-refractivity contribution in [3.63, 3.8) is 0 Å². The maximum absolute atomic E-state index is 11.9. The van der Waals surface area contributed by atoms with E-state index in [2.05, 4.69) is 0 Å². The van der Waals surface area contributed by atoms with Gasteiger partial charge in [0, 0.05) is 26.6 Å². The number of aliphatic hydroxyl groups is 1. The molecule has 0 heterocycles. The summed E-state index contributed by atoms with van der Waals surface area (Å²) < 4.78 is 35.7. The van der Waals surface area contributed by atoms with Gasteiger partial charge in [-0.15, -0.1) is 0 Å². The number of carboxylic acid groups (broad SMARTS) is 1. The van der Waals surface area contributed by atoms with E-state index >= 15 is 0 Å². The number of rotatable bonds is 6. The second-order valence-corrected chi connectivity index (χ2v) is 3.64. The predicted octanol–water partition coefficient (Wildman–Crippen LogP) is 0.416. The number of alkyl halides is 3. The van der Waals surface area contributed by atoms with Gasteiger partial charge in [-0.1, -0.05) is 0 Å². The number of carbonyl (C=O) groups excluding carboxylic acids is 1. The SMILES string of the molecule is CN(CCC(F)(F)F)C(=O)N[C@@H](CCO)C(=O)O. The second kappa shape index (κ2) is 7.04. The summed E-state index contributed by atoms with van der Waals surface area (Å²) >= 11 is 0. The van der Waals surface area contributed by atoms with Gasteiger partial charge in [-0.3, -0.25) is 0 Å². The van der Waals surface area contributed by atoms with Crippen molar-refractivity contribution < 1.29 is 33.0 Å². The van der Waals surface area contributed by atoms with Crippen molar-refractivity contribution in [2.75, 3.05) is 20.2 Å². The summed E-state index contributed by atoms with van der Waals surface area (Å²) in [5.41, 5.74) is 0. The van der Waals surface area contributed by atoms with E-state index < -0.39 is 43.8 Å². The number of amides is 2. The number of hydrogen-bond donors (Lipinski definition) is 3. The smallest absolute Gasteiger partial charge is 0.390 e. The van der Waals surface area contributed by atoms with Gasteiger partial charge in [-0.25, -0.2) is 9.59 Å². The fourth-order valence-corrected chi connectivity index (χ4v) is 1.04. The Morgan fingerprint density at radius 1 is 1.39 bits per heavy atom. The lowest BCUT2D eigenvalue weighted by molar-refractivity contribution is -0.140. The molecule has 0 rings (SSSR count). The van der Waals surface area contributed by atoms with Gasteiger partial charge in [0.25, 0.3) is 0 Å². The molecule has 6 nitrogen and oxygen atoms in total. The summed E-state index contributed by atoms with van der Waals surface area (Å²) in [7, 11) is 1.12. The van der Waals surface area contributed by atoms with Crippen molar-refractivity contribution in [2.24, 2.45) is 0 Å². The monoisotopic (exact) mass is 272 g/mol. The molecule has 0 bridgehead atoms. The quantitative estimate of drug-likeness (QED) is 0.653. The normalized spacial score (nSPS) is 12.9. The third kappa shape index (κ3) is 6.94. The molecule has 3 N–H and O–H groups in total. The molecule has 0 fully saturated rings. The van der Waals surface area contributed by atoms with Crippen LogP contribution in [0, 0.1) is 0 Å². The first-order chi connectivity index (χ1) is 8.17. The number of carboxylic acids is 1. The molecule has 0 radical (unpaired) electrons. The molecule has 0 aliphatic heterocycles. The summed E-state index contributed by atoms with van der Waals surface area (Å²) in [5, 5.41) is 19.3. The minimum Gasteiger partial charge on any atom is -0.480 e. The lowest BCUT2D eigenvalue weighted by Gasteiger charge is -2.21. The Hall–Kier alpha value is -1.51. The van der Waals surface area contributed by atoms with Crippen LogP contribution in [0.15, 0.2) is 0 Å². The molecule has 0 unspecified atom stereocenters. The van der Waals surface area contributed by atoms with Crippen molar-refractivity contribution in [1.82, 2.24) is 10.2 Å². The number of nitrogens with one attached hydrogen (secondary N) is 1. The summed E-state index contributed by atoms with van der Waals surface area (Å²) in [5.74, 6) is -1.36. The minimum absolute atomic E-state index is 0.214. The molecule has 0 aromatic rings. The number of aliphatic hydroxyl groups excluding tert-OH is 1. The highest BCUT2D eigenvalue weighted by molar-refractivity contribution is 5.82. The first-order valence-corrected chi connectivity index (χ1v) is 5.09. The standard InChI is InChI=1S/C9H15F3N2O4/c1-14(4-3-9(10,11)12)8(18)13-6(2-5-15)7(16)17/h6,15H,2-5H2,1H3,(H,13,18)(H,16,17)/t6-/m0/s1. The van der Waals surface area contributed by atoms with Crippen molar-refractivity contribution in [3.8, 4) is 0 Å². The Bertz CT molecular complexity index is 296. The van der Waals surface area contributed by atoms with Crippen molar-refractivity contribution in [3.05, 3.63) is 0 Å². The summed E-state index contributed by atoms with van der Waals surface area (Å²) in [4.78, 5) is 22.7. The van der Waals surface area contributed by atoms with E-state index in [9.17, 15) is 22.8 Å². The first kappa shape index (κ1) is 16.5. The van der Waals surface area contributed by atoms with Gasteiger partial charge in [0.1, 0.15) is 6.04 Å². The highest BCUT2D eigenvalue weighted by Gasteiger charge is 2.29. The minimum atomic E-state index is -4.38. The van der Waals surface area contributed by atoms with E-state index in [1.807, 2.05) is 5.32 Å². The van der Waals surface area contributed by atoms with Crippen LogP contribution in [0.25, 0.3) is 0 Å².